The van der Waals surface area contributed by atoms with Crippen molar-refractivity contribution in [3.05, 3.63) is 22.6 Å². The molecule has 13 heavy (non-hydrogen) atoms. The van der Waals surface area contributed by atoms with Crippen LogP contribution in [0.15, 0.2) is 21.2 Å². The standard InChI is InChI=1S/C10H15BrO2/c1-2-3-8(12)4-5-10-9(11)6-7-13-10/h6-8,12H,2-5H2,1H3. The molecule has 1 aromatic heterocycles. The van der Waals surface area contributed by atoms with Crippen LogP contribution in [0.1, 0.15) is 31.9 Å². The molecule has 1 N–H and O–H groups in total. The van der Waals surface area contributed by atoms with E-state index < -0.39 is 0 Å². The van der Waals surface area contributed by atoms with Crippen molar-refractivity contribution >= 4 is 15.9 Å². The number of aliphatic hydroxyl groups is 1. The van der Waals surface area contributed by atoms with Crippen LogP contribution < -0.4 is 0 Å². The molecule has 0 saturated carbocycles. The lowest BCUT2D eigenvalue weighted by Crippen LogP contribution is -2.06. The first-order chi connectivity index (χ1) is 6.24. The average Bonchev–Trinajstić information content (AvgIpc) is 2.48. The van der Waals surface area contributed by atoms with Crippen LogP contribution in [0.4, 0.5) is 0 Å². The van der Waals surface area contributed by atoms with Crippen LogP contribution in [0, 0.1) is 0 Å². The third-order valence-corrected chi connectivity index (χ3v) is 2.72. The summed E-state index contributed by atoms with van der Waals surface area (Å²) < 4.78 is 6.23. The van der Waals surface area contributed by atoms with Gasteiger partial charge in [0.15, 0.2) is 0 Å². The second-order valence-electron chi connectivity index (χ2n) is 3.17. The highest BCUT2D eigenvalue weighted by Gasteiger charge is 2.07. The molecule has 0 aliphatic carbocycles. The smallest absolute Gasteiger partial charge is 0.118 e. The molecule has 0 aromatic carbocycles. The summed E-state index contributed by atoms with van der Waals surface area (Å²) >= 11 is 3.38. The molecule has 0 spiro atoms. The summed E-state index contributed by atoms with van der Waals surface area (Å²) in [6.45, 7) is 2.08. The molecule has 1 aromatic rings. The molecule has 3 heteroatoms. The Labute approximate surface area is 87.1 Å². The van der Waals surface area contributed by atoms with Gasteiger partial charge in [0.25, 0.3) is 0 Å². The van der Waals surface area contributed by atoms with Gasteiger partial charge in [0, 0.05) is 6.42 Å². The first-order valence-electron chi connectivity index (χ1n) is 4.64. The summed E-state index contributed by atoms with van der Waals surface area (Å²) in [4.78, 5) is 0. The van der Waals surface area contributed by atoms with Crippen molar-refractivity contribution in [3.8, 4) is 0 Å². The summed E-state index contributed by atoms with van der Waals surface area (Å²) in [5.74, 6) is 0.926. The molecule has 0 aliphatic rings. The third-order valence-electron chi connectivity index (χ3n) is 2.02. The monoisotopic (exact) mass is 246 g/mol. The van der Waals surface area contributed by atoms with Gasteiger partial charge in [0.05, 0.1) is 16.8 Å². The fourth-order valence-corrected chi connectivity index (χ4v) is 1.68. The van der Waals surface area contributed by atoms with Crippen molar-refractivity contribution in [1.82, 2.24) is 0 Å². The summed E-state index contributed by atoms with van der Waals surface area (Å²) in [7, 11) is 0. The average molecular weight is 247 g/mol. The highest BCUT2D eigenvalue weighted by atomic mass is 79.9. The number of aliphatic hydroxyl groups excluding tert-OH is 1. The first kappa shape index (κ1) is 10.8. The Balaban J connectivity index is 2.30. The van der Waals surface area contributed by atoms with Crippen LogP contribution in [-0.4, -0.2) is 11.2 Å². The summed E-state index contributed by atoms with van der Waals surface area (Å²) in [6.07, 6.45) is 4.95. The zero-order chi connectivity index (χ0) is 9.68. The van der Waals surface area contributed by atoms with Gasteiger partial charge in [-0.1, -0.05) is 13.3 Å². The number of furan rings is 1. The summed E-state index contributed by atoms with van der Waals surface area (Å²) in [5, 5.41) is 9.48. The van der Waals surface area contributed by atoms with Gasteiger partial charge in [-0.15, -0.1) is 0 Å². The van der Waals surface area contributed by atoms with Crippen molar-refractivity contribution in [2.75, 3.05) is 0 Å². The Kier molecular flexibility index (Phi) is 4.53. The van der Waals surface area contributed by atoms with Gasteiger partial charge >= 0.3 is 0 Å². The number of hydrogen-bond acceptors (Lipinski definition) is 2. The minimum absolute atomic E-state index is 0.193. The predicted octanol–water partition coefficient (Wildman–Crippen LogP) is 3.14. The molecule has 0 bridgehead atoms. The van der Waals surface area contributed by atoms with E-state index in [9.17, 15) is 5.11 Å². The molecule has 0 amide bonds. The van der Waals surface area contributed by atoms with Crippen LogP contribution in [0.3, 0.4) is 0 Å². The predicted molar refractivity (Wildman–Crippen MR) is 55.6 cm³/mol. The van der Waals surface area contributed by atoms with Crippen LogP contribution >= 0.6 is 15.9 Å². The number of rotatable bonds is 5. The topological polar surface area (TPSA) is 33.4 Å². The van der Waals surface area contributed by atoms with E-state index in [1.807, 2.05) is 6.07 Å². The lowest BCUT2D eigenvalue weighted by Gasteiger charge is -2.07. The Morgan fingerprint density at radius 2 is 2.31 bits per heavy atom. The zero-order valence-electron chi connectivity index (χ0n) is 7.79. The second-order valence-corrected chi connectivity index (χ2v) is 4.03. The van der Waals surface area contributed by atoms with Crippen LogP contribution in [0.25, 0.3) is 0 Å². The molecule has 1 unspecified atom stereocenters. The molecule has 1 heterocycles. The Hall–Kier alpha value is -0.280. The van der Waals surface area contributed by atoms with E-state index in [4.69, 9.17) is 4.42 Å². The SMILES string of the molecule is CCCC(O)CCc1occc1Br. The molecular formula is C10H15BrO2. The fourth-order valence-electron chi connectivity index (χ4n) is 1.28. The largest absolute Gasteiger partial charge is 0.468 e. The molecule has 0 fully saturated rings. The van der Waals surface area contributed by atoms with E-state index in [1.165, 1.54) is 0 Å². The van der Waals surface area contributed by atoms with Gasteiger partial charge in [-0.25, -0.2) is 0 Å². The molecule has 74 valence electrons. The van der Waals surface area contributed by atoms with Gasteiger partial charge in [-0.2, -0.15) is 0 Å². The minimum Gasteiger partial charge on any atom is -0.468 e. The molecule has 0 saturated heterocycles. The summed E-state index contributed by atoms with van der Waals surface area (Å²) in [6, 6.07) is 1.88. The minimum atomic E-state index is -0.193. The zero-order valence-corrected chi connectivity index (χ0v) is 9.38. The summed E-state index contributed by atoms with van der Waals surface area (Å²) in [5.41, 5.74) is 0. The van der Waals surface area contributed by atoms with E-state index in [-0.39, 0.29) is 6.10 Å². The van der Waals surface area contributed by atoms with E-state index in [2.05, 4.69) is 22.9 Å². The quantitative estimate of drug-likeness (QED) is 0.867. The highest BCUT2D eigenvalue weighted by molar-refractivity contribution is 9.10. The molecule has 1 rings (SSSR count). The van der Waals surface area contributed by atoms with E-state index in [1.54, 1.807) is 6.26 Å². The Morgan fingerprint density at radius 3 is 2.85 bits per heavy atom. The maximum atomic E-state index is 9.48. The molecule has 0 aliphatic heterocycles. The van der Waals surface area contributed by atoms with Gasteiger partial charge in [0.1, 0.15) is 5.76 Å². The van der Waals surface area contributed by atoms with Gasteiger partial charge in [-0.3, -0.25) is 0 Å². The number of halogens is 1. The van der Waals surface area contributed by atoms with Crippen molar-refractivity contribution < 1.29 is 9.52 Å². The fraction of sp³-hybridized carbons (Fsp3) is 0.600. The van der Waals surface area contributed by atoms with Crippen molar-refractivity contribution in [1.29, 1.82) is 0 Å². The van der Waals surface area contributed by atoms with Crippen molar-refractivity contribution in [3.63, 3.8) is 0 Å². The van der Waals surface area contributed by atoms with Gasteiger partial charge in [0.2, 0.25) is 0 Å². The number of aryl methyl sites for hydroxylation is 1. The Bertz CT molecular complexity index is 245. The van der Waals surface area contributed by atoms with E-state index in [0.717, 1.165) is 35.9 Å². The van der Waals surface area contributed by atoms with Crippen molar-refractivity contribution in [2.45, 2.75) is 38.7 Å². The molecule has 0 radical (unpaired) electrons. The van der Waals surface area contributed by atoms with E-state index in [0.29, 0.717) is 0 Å². The molecule has 1 atom stereocenters. The molecule has 2 nitrogen and oxygen atoms in total. The van der Waals surface area contributed by atoms with Crippen LogP contribution in [-0.2, 0) is 6.42 Å². The highest BCUT2D eigenvalue weighted by Crippen LogP contribution is 2.20. The van der Waals surface area contributed by atoms with Gasteiger partial charge < -0.3 is 9.52 Å². The third kappa shape index (κ3) is 3.53. The maximum absolute atomic E-state index is 9.48. The maximum Gasteiger partial charge on any atom is 0.118 e. The Morgan fingerprint density at radius 1 is 1.54 bits per heavy atom. The van der Waals surface area contributed by atoms with E-state index >= 15 is 0 Å². The second kappa shape index (κ2) is 5.45. The first-order valence-corrected chi connectivity index (χ1v) is 5.43. The lowest BCUT2D eigenvalue weighted by molar-refractivity contribution is 0.152. The van der Waals surface area contributed by atoms with Crippen LogP contribution in [0.5, 0.6) is 0 Å². The van der Waals surface area contributed by atoms with Crippen LogP contribution in [0.2, 0.25) is 0 Å². The van der Waals surface area contributed by atoms with Gasteiger partial charge in [-0.05, 0) is 34.8 Å². The lowest BCUT2D eigenvalue weighted by atomic mass is 10.1. The van der Waals surface area contributed by atoms with Crippen molar-refractivity contribution in [2.24, 2.45) is 0 Å². The number of hydrogen-bond donors (Lipinski definition) is 1. The normalized spacial score (nSPS) is 13.2. The molecular weight excluding hydrogens is 232 g/mol.